The number of anilines is 1. The highest BCUT2D eigenvalue weighted by molar-refractivity contribution is 7.12. The van der Waals surface area contributed by atoms with Gasteiger partial charge in [0.1, 0.15) is 0 Å². The summed E-state index contributed by atoms with van der Waals surface area (Å²) in [7, 11) is 0. The average Bonchev–Trinajstić information content (AvgIpc) is 2.92. The van der Waals surface area contributed by atoms with Gasteiger partial charge in [0.05, 0.1) is 6.54 Å². The van der Waals surface area contributed by atoms with Crippen LogP contribution in [-0.2, 0) is 16.0 Å². The third-order valence-corrected chi connectivity index (χ3v) is 5.55. The molecule has 6 nitrogen and oxygen atoms in total. The Bertz CT molecular complexity index is 870. The van der Waals surface area contributed by atoms with Crippen molar-refractivity contribution in [1.82, 2.24) is 10.6 Å². The van der Waals surface area contributed by atoms with E-state index in [9.17, 15) is 14.4 Å². The first-order valence-electron chi connectivity index (χ1n) is 9.17. The van der Waals surface area contributed by atoms with Crippen LogP contribution in [0, 0.1) is 20.8 Å². The number of carbonyl (C=O) groups excluding carboxylic acids is 3. The zero-order chi connectivity index (χ0) is 20.8. The first-order valence-corrected chi connectivity index (χ1v) is 9.99. The van der Waals surface area contributed by atoms with Gasteiger partial charge >= 0.3 is 0 Å². The van der Waals surface area contributed by atoms with Crippen molar-refractivity contribution in [2.24, 2.45) is 0 Å². The number of rotatable bonds is 7. The lowest BCUT2D eigenvalue weighted by Crippen LogP contribution is -2.34. The maximum Gasteiger partial charge on any atom is 0.251 e. The van der Waals surface area contributed by atoms with Crippen molar-refractivity contribution in [3.05, 3.63) is 50.7 Å². The van der Waals surface area contributed by atoms with E-state index in [-0.39, 0.29) is 30.3 Å². The van der Waals surface area contributed by atoms with Gasteiger partial charge in [0, 0.05) is 40.4 Å². The number of nitrogens with one attached hydrogen (secondary N) is 3. The van der Waals surface area contributed by atoms with Crippen LogP contribution in [0.1, 0.15) is 45.1 Å². The van der Waals surface area contributed by atoms with Gasteiger partial charge in [-0.25, -0.2) is 0 Å². The number of aryl methyl sites for hydroxylation is 3. The van der Waals surface area contributed by atoms with Crippen molar-refractivity contribution in [2.45, 2.75) is 47.1 Å². The molecule has 2 aromatic rings. The van der Waals surface area contributed by atoms with Crippen LogP contribution in [0.4, 0.5) is 5.69 Å². The topological polar surface area (TPSA) is 87.3 Å². The number of thiophene rings is 1. The van der Waals surface area contributed by atoms with Crippen LogP contribution in [0.2, 0.25) is 0 Å². The van der Waals surface area contributed by atoms with Gasteiger partial charge in [-0.05, 0) is 57.0 Å². The van der Waals surface area contributed by atoms with Crippen LogP contribution >= 0.6 is 11.3 Å². The van der Waals surface area contributed by atoms with Crippen molar-refractivity contribution >= 4 is 34.7 Å². The Labute approximate surface area is 169 Å². The van der Waals surface area contributed by atoms with Crippen molar-refractivity contribution in [2.75, 3.05) is 11.9 Å². The van der Waals surface area contributed by atoms with E-state index < -0.39 is 0 Å². The standard InChI is InChI=1S/C21H27N3O3S/c1-12-6-7-17(10-19(12)24-20(26)11-22-16(5)25)21(27)23-14(3)9-18-8-13(2)15(4)28-18/h6-8,10,14H,9,11H2,1-5H3,(H,22,25)(H,23,27)(H,24,26). The Morgan fingerprint density at radius 2 is 1.79 bits per heavy atom. The minimum atomic E-state index is -0.340. The van der Waals surface area contributed by atoms with Gasteiger partial charge in [0.25, 0.3) is 5.91 Å². The number of hydrogen-bond donors (Lipinski definition) is 3. The van der Waals surface area contributed by atoms with Gasteiger partial charge in [-0.15, -0.1) is 11.3 Å². The zero-order valence-electron chi connectivity index (χ0n) is 16.9. The van der Waals surface area contributed by atoms with E-state index >= 15 is 0 Å². The van der Waals surface area contributed by atoms with Crippen LogP contribution in [0.25, 0.3) is 0 Å². The Kier molecular flexibility index (Phi) is 7.34. The number of amides is 3. The lowest BCUT2D eigenvalue weighted by atomic mass is 10.1. The largest absolute Gasteiger partial charge is 0.349 e. The minimum absolute atomic E-state index is 0.0101. The fraction of sp³-hybridized carbons (Fsp3) is 0.381. The Morgan fingerprint density at radius 1 is 1.07 bits per heavy atom. The number of hydrogen-bond acceptors (Lipinski definition) is 4. The highest BCUT2D eigenvalue weighted by Gasteiger charge is 2.14. The van der Waals surface area contributed by atoms with Crippen LogP contribution in [-0.4, -0.2) is 30.3 Å². The monoisotopic (exact) mass is 401 g/mol. The fourth-order valence-electron chi connectivity index (χ4n) is 2.71. The van der Waals surface area contributed by atoms with Gasteiger partial charge in [-0.3, -0.25) is 14.4 Å². The van der Waals surface area contributed by atoms with E-state index in [2.05, 4.69) is 35.9 Å². The molecule has 1 atom stereocenters. The molecule has 7 heteroatoms. The third-order valence-electron chi connectivity index (χ3n) is 4.37. The predicted molar refractivity (Wildman–Crippen MR) is 113 cm³/mol. The van der Waals surface area contributed by atoms with Crippen molar-refractivity contribution < 1.29 is 14.4 Å². The number of benzene rings is 1. The summed E-state index contributed by atoms with van der Waals surface area (Å²) in [5, 5.41) is 8.19. The normalized spacial score (nSPS) is 11.6. The molecule has 1 heterocycles. The SMILES string of the molecule is CC(=O)NCC(=O)Nc1cc(C(=O)NC(C)Cc2cc(C)c(C)s2)ccc1C. The molecule has 0 aliphatic rings. The van der Waals surface area contributed by atoms with Crippen LogP contribution < -0.4 is 16.0 Å². The molecular formula is C21H27N3O3S. The molecule has 0 bridgehead atoms. The lowest BCUT2D eigenvalue weighted by Gasteiger charge is -2.15. The van der Waals surface area contributed by atoms with Gasteiger partial charge in [0.2, 0.25) is 11.8 Å². The molecule has 0 saturated heterocycles. The van der Waals surface area contributed by atoms with Crippen LogP contribution in [0.5, 0.6) is 0 Å². The highest BCUT2D eigenvalue weighted by atomic mass is 32.1. The molecular weight excluding hydrogens is 374 g/mol. The highest BCUT2D eigenvalue weighted by Crippen LogP contribution is 2.22. The Morgan fingerprint density at radius 3 is 2.39 bits per heavy atom. The second kappa shape index (κ2) is 9.50. The summed E-state index contributed by atoms with van der Waals surface area (Å²) in [4.78, 5) is 38.0. The summed E-state index contributed by atoms with van der Waals surface area (Å²) in [6.07, 6.45) is 0.775. The quantitative estimate of drug-likeness (QED) is 0.666. The van der Waals surface area contributed by atoms with E-state index in [0.717, 1.165) is 12.0 Å². The van der Waals surface area contributed by atoms with E-state index in [1.54, 1.807) is 29.5 Å². The Balaban J connectivity index is 2.00. The van der Waals surface area contributed by atoms with Gasteiger partial charge in [0.15, 0.2) is 0 Å². The van der Waals surface area contributed by atoms with E-state index in [1.807, 2.05) is 13.8 Å². The number of carbonyl (C=O) groups is 3. The summed E-state index contributed by atoms with van der Waals surface area (Å²) in [6, 6.07) is 7.34. The smallest absolute Gasteiger partial charge is 0.251 e. The minimum Gasteiger partial charge on any atom is -0.349 e. The first-order chi connectivity index (χ1) is 13.2. The predicted octanol–water partition coefficient (Wildman–Crippen LogP) is 3.11. The summed E-state index contributed by atoms with van der Waals surface area (Å²) >= 11 is 1.75. The molecule has 1 aromatic heterocycles. The molecule has 2 rings (SSSR count). The Hall–Kier alpha value is -2.67. The maximum absolute atomic E-state index is 12.6. The van der Waals surface area contributed by atoms with E-state index in [4.69, 9.17) is 0 Å². The molecule has 0 radical (unpaired) electrons. The van der Waals surface area contributed by atoms with Gasteiger partial charge in [-0.2, -0.15) is 0 Å². The molecule has 0 aliphatic carbocycles. The van der Waals surface area contributed by atoms with Crippen molar-refractivity contribution in [1.29, 1.82) is 0 Å². The molecule has 3 N–H and O–H groups in total. The molecule has 28 heavy (non-hydrogen) atoms. The molecule has 0 fully saturated rings. The summed E-state index contributed by atoms with van der Waals surface area (Å²) in [5.41, 5.74) is 3.15. The lowest BCUT2D eigenvalue weighted by molar-refractivity contribution is -0.122. The summed E-state index contributed by atoms with van der Waals surface area (Å²) < 4.78 is 0. The molecule has 150 valence electrons. The third kappa shape index (κ3) is 6.20. The second-order valence-corrected chi connectivity index (χ2v) is 8.36. The van der Waals surface area contributed by atoms with Crippen molar-refractivity contribution in [3.63, 3.8) is 0 Å². The second-order valence-electron chi connectivity index (χ2n) is 7.02. The molecule has 0 spiro atoms. The summed E-state index contributed by atoms with van der Waals surface area (Å²) in [5.74, 6) is -0.798. The molecule has 1 aromatic carbocycles. The van der Waals surface area contributed by atoms with Gasteiger partial charge in [-0.1, -0.05) is 6.07 Å². The summed E-state index contributed by atoms with van der Waals surface area (Å²) in [6.45, 7) is 9.26. The zero-order valence-corrected chi connectivity index (χ0v) is 17.8. The van der Waals surface area contributed by atoms with E-state index in [0.29, 0.717) is 11.3 Å². The fourth-order valence-corrected chi connectivity index (χ4v) is 3.89. The first kappa shape index (κ1) is 21.6. The maximum atomic E-state index is 12.6. The molecule has 0 aliphatic heterocycles. The van der Waals surface area contributed by atoms with Gasteiger partial charge < -0.3 is 16.0 Å². The molecule has 0 saturated carbocycles. The van der Waals surface area contributed by atoms with Crippen LogP contribution in [0.15, 0.2) is 24.3 Å². The van der Waals surface area contributed by atoms with E-state index in [1.165, 1.54) is 22.2 Å². The molecule has 1 unspecified atom stereocenters. The van der Waals surface area contributed by atoms with Crippen LogP contribution in [0.3, 0.4) is 0 Å². The average molecular weight is 402 g/mol. The van der Waals surface area contributed by atoms with Crippen molar-refractivity contribution in [3.8, 4) is 0 Å². The molecule has 3 amide bonds.